The first-order valence-corrected chi connectivity index (χ1v) is 6.08. The zero-order chi connectivity index (χ0) is 12.3. The Hall–Kier alpha value is -1.13. The molecular formula is C13H21N3O. The molecule has 0 atom stereocenters. The van der Waals surface area contributed by atoms with Gasteiger partial charge in [-0.2, -0.15) is 0 Å². The van der Waals surface area contributed by atoms with Crippen molar-refractivity contribution in [1.82, 2.24) is 10.3 Å². The Labute approximate surface area is 103 Å². The summed E-state index contributed by atoms with van der Waals surface area (Å²) in [6.07, 6.45) is 3.80. The van der Waals surface area contributed by atoms with E-state index in [9.17, 15) is 0 Å². The summed E-state index contributed by atoms with van der Waals surface area (Å²) in [6, 6.07) is 2.10. The fraction of sp³-hybridized carbons (Fsp3) is 0.615. The summed E-state index contributed by atoms with van der Waals surface area (Å²) in [5, 5.41) is 3.19. The normalized spacial score (nSPS) is 19.4. The Morgan fingerprint density at radius 3 is 3.06 bits per heavy atom. The molecule has 1 fully saturated rings. The summed E-state index contributed by atoms with van der Waals surface area (Å²) in [6.45, 7) is 7.79. The van der Waals surface area contributed by atoms with Crippen LogP contribution in [0.25, 0.3) is 0 Å². The lowest BCUT2D eigenvalue weighted by atomic mass is 10.0. The van der Waals surface area contributed by atoms with Gasteiger partial charge in [-0.05, 0) is 27.0 Å². The predicted molar refractivity (Wildman–Crippen MR) is 69.2 cm³/mol. The van der Waals surface area contributed by atoms with E-state index in [1.807, 2.05) is 19.4 Å². The molecule has 17 heavy (non-hydrogen) atoms. The molecule has 4 heteroatoms. The highest BCUT2D eigenvalue weighted by atomic mass is 16.5. The zero-order valence-corrected chi connectivity index (χ0v) is 10.9. The maximum absolute atomic E-state index is 5.56. The van der Waals surface area contributed by atoms with Crippen LogP contribution in [-0.2, 0) is 11.3 Å². The number of nitrogens with one attached hydrogen (secondary N) is 1. The van der Waals surface area contributed by atoms with Crippen LogP contribution in [0.15, 0.2) is 18.5 Å². The third kappa shape index (κ3) is 2.58. The molecule has 1 saturated heterocycles. The van der Waals surface area contributed by atoms with Gasteiger partial charge in [-0.15, -0.1) is 0 Å². The molecule has 0 amide bonds. The van der Waals surface area contributed by atoms with E-state index in [0.717, 1.165) is 26.3 Å². The molecule has 1 aromatic rings. The molecule has 1 aliphatic rings. The third-order valence-electron chi connectivity index (χ3n) is 3.18. The highest BCUT2D eigenvalue weighted by Crippen LogP contribution is 2.29. The molecule has 0 spiro atoms. The molecule has 1 aromatic heterocycles. The Morgan fingerprint density at radius 2 is 2.35 bits per heavy atom. The molecule has 0 bridgehead atoms. The largest absolute Gasteiger partial charge is 0.377 e. The number of hydrogen-bond acceptors (Lipinski definition) is 4. The number of hydrogen-bond donors (Lipinski definition) is 1. The molecule has 0 unspecified atom stereocenters. The van der Waals surface area contributed by atoms with Crippen LogP contribution < -0.4 is 10.2 Å². The van der Waals surface area contributed by atoms with E-state index in [4.69, 9.17) is 4.74 Å². The summed E-state index contributed by atoms with van der Waals surface area (Å²) in [4.78, 5) is 6.63. The van der Waals surface area contributed by atoms with E-state index in [2.05, 4.69) is 35.1 Å². The first-order valence-electron chi connectivity index (χ1n) is 6.08. The Morgan fingerprint density at radius 1 is 1.53 bits per heavy atom. The Balaban J connectivity index is 2.31. The minimum absolute atomic E-state index is 0.0437. The predicted octanol–water partition coefficient (Wildman–Crippen LogP) is 1.42. The molecule has 2 rings (SSSR count). The van der Waals surface area contributed by atoms with Crippen molar-refractivity contribution in [2.45, 2.75) is 25.9 Å². The maximum Gasteiger partial charge on any atom is 0.0694 e. The van der Waals surface area contributed by atoms with Crippen LogP contribution in [0.3, 0.4) is 0 Å². The molecule has 0 saturated carbocycles. The molecule has 2 heterocycles. The van der Waals surface area contributed by atoms with Crippen molar-refractivity contribution in [3.8, 4) is 0 Å². The number of morpholine rings is 1. The van der Waals surface area contributed by atoms with Crippen LogP contribution in [0.2, 0.25) is 0 Å². The van der Waals surface area contributed by atoms with Crippen LogP contribution >= 0.6 is 0 Å². The van der Waals surface area contributed by atoms with Crippen molar-refractivity contribution in [3.63, 3.8) is 0 Å². The van der Waals surface area contributed by atoms with Gasteiger partial charge in [0.15, 0.2) is 0 Å². The van der Waals surface area contributed by atoms with Gasteiger partial charge in [0.2, 0.25) is 0 Å². The lowest BCUT2D eigenvalue weighted by molar-refractivity contribution is 0.0643. The number of anilines is 1. The van der Waals surface area contributed by atoms with Crippen molar-refractivity contribution in [1.29, 1.82) is 0 Å². The first kappa shape index (κ1) is 12.3. The van der Waals surface area contributed by atoms with E-state index < -0.39 is 0 Å². The molecule has 1 aliphatic heterocycles. The number of pyridine rings is 1. The second kappa shape index (κ2) is 5.02. The average Bonchev–Trinajstić information content (AvgIpc) is 2.30. The molecular weight excluding hydrogens is 214 g/mol. The smallest absolute Gasteiger partial charge is 0.0694 e. The number of rotatable bonds is 3. The van der Waals surface area contributed by atoms with Gasteiger partial charge in [0.05, 0.1) is 18.8 Å². The van der Waals surface area contributed by atoms with Gasteiger partial charge in [0.1, 0.15) is 0 Å². The van der Waals surface area contributed by atoms with E-state index in [0.29, 0.717) is 0 Å². The van der Waals surface area contributed by atoms with Gasteiger partial charge in [0, 0.05) is 36.7 Å². The van der Waals surface area contributed by atoms with Crippen LogP contribution in [-0.4, -0.2) is 37.3 Å². The van der Waals surface area contributed by atoms with Crippen molar-refractivity contribution in [2.75, 3.05) is 31.7 Å². The highest BCUT2D eigenvalue weighted by molar-refractivity contribution is 5.54. The average molecular weight is 235 g/mol. The number of nitrogens with zero attached hydrogens (tertiary/aromatic N) is 2. The summed E-state index contributed by atoms with van der Waals surface area (Å²) >= 11 is 0. The monoisotopic (exact) mass is 235 g/mol. The summed E-state index contributed by atoms with van der Waals surface area (Å²) < 4.78 is 5.56. The summed E-state index contributed by atoms with van der Waals surface area (Å²) in [7, 11) is 1.96. The van der Waals surface area contributed by atoms with Crippen molar-refractivity contribution in [2.24, 2.45) is 0 Å². The SMILES string of the molecule is CNCc1cnccc1N1CCOCC1(C)C. The molecule has 0 aliphatic carbocycles. The molecule has 1 N–H and O–H groups in total. The van der Waals surface area contributed by atoms with Crippen molar-refractivity contribution in [3.05, 3.63) is 24.0 Å². The van der Waals surface area contributed by atoms with Gasteiger partial charge in [0.25, 0.3) is 0 Å². The van der Waals surface area contributed by atoms with Crippen LogP contribution in [0.4, 0.5) is 5.69 Å². The van der Waals surface area contributed by atoms with Gasteiger partial charge in [-0.1, -0.05) is 0 Å². The van der Waals surface area contributed by atoms with Crippen LogP contribution in [0, 0.1) is 0 Å². The van der Waals surface area contributed by atoms with E-state index in [1.54, 1.807) is 0 Å². The first-order chi connectivity index (χ1) is 8.15. The Kier molecular flexibility index (Phi) is 3.64. The van der Waals surface area contributed by atoms with Crippen LogP contribution in [0.1, 0.15) is 19.4 Å². The quantitative estimate of drug-likeness (QED) is 0.859. The second-order valence-corrected chi connectivity index (χ2v) is 5.05. The van der Waals surface area contributed by atoms with E-state index in [-0.39, 0.29) is 5.54 Å². The minimum Gasteiger partial charge on any atom is -0.377 e. The lowest BCUT2D eigenvalue weighted by Crippen LogP contribution is -2.53. The van der Waals surface area contributed by atoms with E-state index in [1.165, 1.54) is 11.3 Å². The highest BCUT2D eigenvalue weighted by Gasteiger charge is 2.31. The second-order valence-electron chi connectivity index (χ2n) is 5.05. The minimum atomic E-state index is 0.0437. The lowest BCUT2D eigenvalue weighted by Gasteiger charge is -2.44. The zero-order valence-electron chi connectivity index (χ0n) is 10.9. The van der Waals surface area contributed by atoms with Crippen molar-refractivity contribution < 1.29 is 4.74 Å². The third-order valence-corrected chi connectivity index (χ3v) is 3.18. The number of ether oxygens (including phenoxy) is 1. The van der Waals surface area contributed by atoms with Crippen LogP contribution in [0.5, 0.6) is 0 Å². The van der Waals surface area contributed by atoms with E-state index >= 15 is 0 Å². The standard InChI is InChI=1S/C13H21N3O/c1-13(2)10-17-7-6-16(13)12-4-5-15-9-11(12)8-14-3/h4-5,9,14H,6-8,10H2,1-3H3. The van der Waals surface area contributed by atoms with Gasteiger partial charge < -0.3 is 15.0 Å². The van der Waals surface area contributed by atoms with Gasteiger partial charge in [-0.25, -0.2) is 0 Å². The fourth-order valence-corrected chi connectivity index (χ4v) is 2.31. The number of aromatic nitrogens is 1. The molecule has 94 valence electrons. The molecule has 0 aromatic carbocycles. The fourth-order valence-electron chi connectivity index (χ4n) is 2.31. The topological polar surface area (TPSA) is 37.4 Å². The van der Waals surface area contributed by atoms with Gasteiger partial charge in [-0.3, -0.25) is 4.98 Å². The summed E-state index contributed by atoms with van der Waals surface area (Å²) in [5.74, 6) is 0. The summed E-state index contributed by atoms with van der Waals surface area (Å²) in [5.41, 5.74) is 2.55. The van der Waals surface area contributed by atoms with Gasteiger partial charge >= 0.3 is 0 Å². The molecule has 0 radical (unpaired) electrons. The maximum atomic E-state index is 5.56. The Bertz CT molecular complexity index is 379. The van der Waals surface area contributed by atoms with Crippen molar-refractivity contribution >= 4 is 5.69 Å². The molecule has 4 nitrogen and oxygen atoms in total.